The first-order valence-corrected chi connectivity index (χ1v) is 5.99. The quantitative estimate of drug-likeness (QED) is 0.390. The van der Waals surface area contributed by atoms with E-state index in [2.05, 4.69) is 5.16 Å². The summed E-state index contributed by atoms with van der Waals surface area (Å²) in [4.78, 5) is 0. The van der Waals surface area contributed by atoms with E-state index in [-0.39, 0.29) is 5.84 Å². The Kier molecular flexibility index (Phi) is 3.97. The predicted octanol–water partition coefficient (Wildman–Crippen LogP) is 2.29. The molecule has 1 aromatic carbocycles. The van der Waals surface area contributed by atoms with Gasteiger partial charge >= 0.3 is 0 Å². The van der Waals surface area contributed by atoms with E-state index < -0.39 is 0 Å². The molecule has 0 atom stereocenters. The van der Waals surface area contributed by atoms with Gasteiger partial charge in [0.25, 0.3) is 0 Å². The van der Waals surface area contributed by atoms with E-state index in [0.717, 1.165) is 11.3 Å². The van der Waals surface area contributed by atoms with Crippen LogP contribution in [0.3, 0.4) is 0 Å². The zero-order valence-electron chi connectivity index (χ0n) is 10.4. The SMILES string of the molecule is COc1ccc(Cl)cc1Cn1cccc1/C(N)=N/O. The van der Waals surface area contributed by atoms with Crippen molar-refractivity contribution < 1.29 is 9.94 Å². The van der Waals surface area contributed by atoms with E-state index in [4.69, 9.17) is 27.3 Å². The molecule has 0 amide bonds. The summed E-state index contributed by atoms with van der Waals surface area (Å²) < 4.78 is 7.14. The lowest BCUT2D eigenvalue weighted by molar-refractivity contribution is 0.318. The molecule has 0 aliphatic rings. The van der Waals surface area contributed by atoms with Crippen LogP contribution >= 0.6 is 11.6 Å². The first-order chi connectivity index (χ1) is 9.15. The van der Waals surface area contributed by atoms with Gasteiger partial charge in [0.2, 0.25) is 0 Å². The molecule has 2 rings (SSSR count). The zero-order valence-corrected chi connectivity index (χ0v) is 11.1. The summed E-state index contributed by atoms with van der Waals surface area (Å²) >= 11 is 5.99. The van der Waals surface area contributed by atoms with Gasteiger partial charge in [-0.05, 0) is 30.3 Å². The lowest BCUT2D eigenvalue weighted by Gasteiger charge is -2.12. The van der Waals surface area contributed by atoms with Gasteiger partial charge in [0.15, 0.2) is 5.84 Å². The molecule has 0 aliphatic carbocycles. The molecular formula is C13H14ClN3O2. The number of nitrogens with two attached hydrogens (primary N) is 1. The van der Waals surface area contributed by atoms with Crippen molar-refractivity contribution in [2.24, 2.45) is 10.9 Å². The van der Waals surface area contributed by atoms with Crippen molar-refractivity contribution in [2.75, 3.05) is 7.11 Å². The molecule has 1 aromatic heterocycles. The van der Waals surface area contributed by atoms with Crippen molar-refractivity contribution in [1.29, 1.82) is 0 Å². The minimum Gasteiger partial charge on any atom is -0.496 e. The molecule has 5 nitrogen and oxygen atoms in total. The molecule has 0 saturated carbocycles. The van der Waals surface area contributed by atoms with Crippen molar-refractivity contribution in [3.05, 3.63) is 52.8 Å². The second-order valence-electron chi connectivity index (χ2n) is 3.96. The van der Waals surface area contributed by atoms with Crippen molar-refractivity contribution in [3.8, 4) is 5.75 Å². The molecule has 2 aromatic rings. The van der Waals surface area contributed by atoms with Crippen molar-refractivity contribution in [3.63, 3.8) is 0 Å². The summed E-state index contributed by atoms with van der Waals surface area (Å²) in [6, 6.07) is 9.00. The Balaban J connectivity index is 2.36. The molecule has 0 bridgehead atoms. The number of methoxy groups -OCH3 is 1. The third-order valence-corrected chi connectivity index (χ3v) is 3.02. The van der Waals surface area contributed by atoms with E-state index >= 15 is 0 Å². The lowest BCUT2D eigenvalue weighted by Crippen LogP contribution is -2.18. The van der Waals surface area contributed by atoms with Gasteiger partial charge in [0.05, 0.1) is 19.3 Å². The molecular weight excluding hydrogens is 266 g/mol. The Bertz CT molecular complexity index is 608. The van der Waals surface area contributed by atoms with Crippen molar-refractivity contribution in [1.82, 2.24) is 4.57 Å². The third-order valence-electron chi connectivity index (χ3n) is 2.78. The maximum Gasteiger partial charge on any atom is 0.186 e. The minimum absolute atomic E-state index is 0.0611. The van der Waals surface area contributed by atoms with Gasteiger partial charge in [-0.25, -0.2) is 0 Å². The van der Waals surface area contributed by atoms with Gasteiger partial charge in [-0.3, -0.25) is 0 Å². The average Bonchev–Trinajstić information content (AvgIpc) is 2.86. The largest absolute Gasteiger partial charge is 0.496 e. The highest BCUT2D eigenvalue weighted by molar-refractivity contribution is 6.30. The van der Waals surface area contributed by atoms with Crippen LogP contribution < -0.4 is 10.5 Å². The Labute approximate surface area is 115 Å². The monoisotopic (exact) mass is 279 g/mol. The minimum atomic E-state index is 0.0611. The first kappa shape index (κ1) is 13.3. The highest BCUT2D eigenvalue weighted by Gasteiger charge is 2.09. The molecule has 100 valence electrons. The molecule has 19 heavy (non-hydrogen) atoms. The van der Waals surface area contributed by atoms with Gasteiger partial charge in [0, 0.05) is 16.8 Å². The van der Waals surface area contributed by atoms with Gasteiger partial charge in [-0.1, -0.05) is 16.8 Å². The van der Waals surface area contributed by atoms with Crippen molar-refractivity contribution >= 4 is 17.4 Å². The van der Waals surface area contributed by atoms with Crippen LogP contribution in [0.1, 0.15) is 11.3 Å². The van der Waals surface area contributed by atoms with Crippen LogP contribution in [-0.2, 0) is 6.54 Å². The topological polar surface area (TPSA) is 72.8 Å². The van der Waals surface area contributed by atoms with Crippen molar-refractivity contribution in [2.45, 2.75) is 6.54 Å². The van der Waals surface area contributed by atoms with Crippen LogP contribution in [0.2, 0.25) is 5.02 Å². The number of aromatic nitrogens is 1. The second-order valence-corrected chi connectivity index (χ2v) is 4.40. The van der Waals surface area contributed by atoms with Gasteiger partial charge < -0.3 is 20.2 Å². The Morgan fingerprint density at radius 3 is 2.95 bits per heavy atom. The molecule has 6 heteroatoms. The van der Waals surface area contributed by atoms with E-state index in [1.807, 2.05) is 29.0 Å². The molecule has 0 spiro atoms. The maximum atomic E-state index is 8.75. The summed E-state index contributed by atoms with van der Waals surface area (Å²) in [5.41, 5.74) is 7.16. The normalized spacial score (nSPS) is 11.6. The number of amidine groups is 1. The Hall–Kier alpha value is -2.14. The molecule has 0 fully saturated rings. The maximum absolute atomic E-state index is 8.75. The molecule has 0 unspecified atom stereocenters. The fourth-order valence-corrected chi connectivity index (χ4v) is 2.08. The predicted molar refractivity (Wildman–Crippen MR) is 74.0 cm³/mol. The number of oxime groups is 1. The molecule has 0 aliphatic heterocycles. The fourth-order valence-electron chi connectivity index (χ4n) is 1.89. The smallest absolute Gasteiger partial charge is 0.186 e. The van der Waals surface area contributed by atoms with E-state index in [9.17, 15) is 0 Å². The van der Waals surface area contributed by atoms with Crippen LogP contribution in [0, 0.1) is 0 Å². The standard InChI is InChI=1S/C13H14ClN3O2/c1-19-12-5-4-10(14)7-9(12)8-17-6-2-3-11(17)13(15)16-18/h2-7,18H,8H2,1H3,(H2,15,16). The van der Waals surface area contributed by atoms with Gasteiger partial charge in [-0.15, -0.1) is 0 Å². The number of hydrogen-bond acceptors (Lipinski definition) is 3. The Morgan fingerprint density at radius 2 is 2.26 bits per heavy atom. The van der Waals surface area contributed by atoms with E-state index in [0.29, 0.717) is 17.3 Å². The van der Waals surface area contributed by atoms with E-state index in [1.54, 1.807) is 19.2 Å². The van der Waals surface area contributed by atoms with Gasteiger partial charge in [-0.2, -0.15) is 0 Å². The molecule has 1 heterocycles. The average molecular weight is 280 g/mol. The van der Waals surface area contributed by atoms with E-state index in [1.165, 1.54) is 0 Å². The zero-order chi connectivity index (χ0) is 13.8. The highest BCUT2D eigenvalue weighted by Crippen LogP contribution is 2.24. The summed E-state index contributed by atoms with van der Waals surface area (Å²) in [7, 11) is 1.60. The number of ether oxygens (including phenoxy) is 1. The number of halogens is 1. The van der Waals surface area contributed by atoms with Gasteiger partial charge in [0.1, 0.15) is 5.75 Å². The Morgan fingerprint density at radius 1 is 1.47 bits per heavy atom. The summed E-state index contributed by atoms with van der Waals surface area (Å²) in [5, 5.41) is 12.4. The second kappa shape index (κ2) is 5.67. The summed E-state index contributed by atoms with van der Waals surface area (Å²) in [6.45, 7) is 0.516. The first-order valence-electron chi connectivity index (χ1n) is 5.61. The fraction of sp³-hybridized carbons (Fsp3) is 0.154. The molecule has 0 saturated heterocycles. The lowest BCUT2D eigenvalue weighted by atomic mass is 10.2. The van der Waals surface area contributed by atoms with Crippen LogP contribution in [0.15, 0.2) is 41.7 Å². The van der Waals surface area contributed by atoms with Crippen LogP contribution in [0.5, 0.6) is 5.75 Å². The van der Waals surface area contributed by atoms with Crippen LogP contribution in [-0.4, -0.2) is 22.7 Å². The number of rotatable bonds is 4. The van der Waals surface area contributed by atoms with Crippen LogP contribution in [0.25, 0.3) is 0 Å². The summed E-state index contributed by atoms with van der Waals surface area (Å²) in [5.74, 6) is 0.801. The third kappa shape index (κ3) is 2.82. The van der Waals surface area contributed by atoms with Crippen LogP contribution in [0.4, 0.5) is 0 Å². The summed E-state index contributed by atoms with van der Waals surface area (Å²) in [6.07, 6.45) is 1.84. The number of nitrogens with zero attached hydrogens (tertiary/aromatic N) is 2. The highest BCUT2D eigenvalue weighted by atomic mass is 35.5. The number of benzene rings is 1. The molecule has 3 N–H and O–H groups in total. The number of hydrogen-bond donors (Lipinski definition) is 2. The molecule has 0 radical (unpaired) electrons.